The van der Waals surface area contributed by atoms with E-state index in [1.54, 1.807) is 18.2 Å². The van der Waals surface area contributed by atoms with Crippen LogP contribution in [0.2, 0.25) is 0 Å². The molecule has 0 aliphatic heterocycles. The van der Waals surface area contributed by atoms with Crippen LogP contribution in [0.3, 0.4) is 0 Å². The Morgan fingerprint density at radius 3 is 2.08 bits per heavy atom. The predicted molar refractivity (Wildman–Crippen MR) is 144 cm³/mol. The van der Waals surface area contributed by atoms with Crippen LogP contribution in [0.25, 0.3) is 11.2 Å². The number of amides is 2. The summed E-state index contributed by atoms with van der Waals surface area (Å²) in [6.45, 7) is -0.212. The number of nitrogens with one attached hydrogen (secondary N) is 3. The topological polar surface area (TPSA) is 166 Å². The number of sulfone groups is 1. The molecule has 2 saturated carbocycles. The summed E-state index contributed by atoms with van der Waals surface area (Å²) in [5.74, 6) is 5.58. The number of imidazole rings is 1. The molecule has 0 spiro atoms. The van der Waals surface area contributed by atoms with Gasteiger partial charge in [-0.05, 0) is 43.9 Å². The van der Waals surface area contributed by atoms with Gasteiger partial charge in [0.25, 0.3) is 5.56 Å². The molecule has 2 fully saturated rings. The van der Waals surface area contributed by atoms with Crippen LogP contribution in [-0.4, -0.2) is 52.3 Å². The van der Waals surface area contributed by atoms with Crippen molar-refractivity contribution in [2.24, 2.45) is 18.9 Å². The number of carbonyl (C=O) groups excluding carboxylic acids is 2. The fourth-order valence-corrected chi connectivity index (χ4v) is 4.90. The van der Waals surface area contributed by atoms with E-state index in [9.17, 15) is 27.6 Å². The van der Waals surface area contributed by atoms with Crippen LogP contribution in [0.5, 0.6) is 0 Å². The average molecular weight is 554 g/mol. The first-order chi connectivity index (χ1) is 18.5. The van der Waals surface area contributed by atoms with Crippen LogP contribution in [0.4, 0.5) is 11.4 Å². The fraction of sp³-hybridized carbons (Fsp3) is 0.400. The van der Waals surface area contributed by atoms with Gasteiger partial charge in [0, 0.05) is 49.1 Å². The first-order valence-electron chi connectivity index (χ1n) is 12.3. The van der Waals surface area contributed by atoms with E-state index < -0.39 is 26.2 Å². The van der Waals surface area contributed by atoms with E-state index in [0.29, 0.717) is 16.9 Å². The van der Waals surface area contributed by atoms with Crippen LogP contribution < -0.4 is 27.3 Å². The van der Waals surface area contributed by atoms with Crippen molar-refractivity contribution in [3.63, 3.8) is 0 Å². The number of nitrogens with zero attached hydrogens (tertiary/aromatic N) is 4. The lowest BCUT2D eigenvalue weighted by Gasteiger charge is -2.10. The van der Waals surface area contributed by atoms with Crippen LogP contribution in [0.15, 0.2) is 32.9 Å². The first kappa shape index (κ1) is 26.2. The Balaban J connectivity index is 1.53. The van der Waals surface area contributed by atoms with Crippen molar-refractivity contribution in [2.45, 2.75) is 37.4 Å². The molecule has 39 heavy (non-hydrogen) atoms. The molecule has 2 amide bonds. The number of aromatic nitrogens is 4. The fourth-order valence-electron chi connectivity index (χ4n) is 4.13. The molecule has 0 atom stereocenters. The molecule has 5 rings (SSSR count). The highest BCUT2D eigenvalue weighted by Gasteiger charge is 2.31. The van der Waals surface area contributed by atoms with Gasteiger partial charge in [0.15, 0.2) is 11.2 Å². The molecular weight excluding hydrogens is 526 g/mol. The van der Waals surface area contributed by atoms with E-state index in [1.165, 1.54) is 14.1 Å². The number of fused-ring (bicyclic) bond motifs is 1. The molecule has 2 aliphatic carbocycles. The molecule has 13 nitrogen and oxygen atoms in total. The molecular formula is C25H27N7O6S. The Bertz CT molecular complexity index is 1770. The van der Waals surface area contributed by atoms with Crippen molar-refractivity contribution in [1.29, 1.82) is 0 Å². The maximum atomic E-state index is 12.9. The molecule has 0 radical (unpaired) electrons. The van der Waals surface area contributed by atoms with Crippen molar-refractivity contribution >= 4 is 44.2 Å². The lowest BCUT2D eigenvalue weighted by molar-refractivity contribution is -0.118. The Kier molecular flexibility index (Phi) is 6.55. The van der Waals surface area contributed by atoms with E-state index in [1.807, 2.05) is 0 Å². The second-order valence-corrected chi connectivity index (χ2v) is 11.7. The molecule has 2 heterocycles. The normalized spacial score (nSPS) is 14.9. The zero-order chi connectivity index (χ0) is 28.1. The minimum Gasteiger partial charge on any atom is -0.326 e. The Morgan fingerprint density at radius 2 is 1.59 bits per heavy atom. The van der Waals surface area contributed by atoms with Crippen LogP contribution in [-0.2, 0) is 33.0 Å². The van der Waals surface area contributed by atoms with Gasteiger partial charge in [0.1, 0.15) is 0 Å². The summed E-state index contributed by atoms with van der Waals surface area (Å²) in [5, 5.41) is 5.30. The van der Waals surface area contributed by atoms with Crippen molar-refractivity contribution < 1.29 is 18.0 Å². The maximum Gasteiger partial charge on any atom is 0.333 e. The average Bonchev–Trinajstić information content (AvgIpc) is 3.79. The van der Waals surface area contributed by atoms with Crippen molar-refractivity contribution in [3.05, 3.63) is 44.6 Å². The summed E-state index contributed by atoms with van der Waals surface area (Å²) in [4.78, 5) is 54.5. The van der Waals surface area contributed by atoms with Crippen LogP contribution >= 0.6 is 0 Å². The minimum absolute atomic E-state index is 0.0162. The maximum absolute atomic E-state index is 12.9. The molecule has 1 aromatic carbocycles. The number of hydrogen-bond donors (Lipinski definition) is 3. The summed E-state index contributed by atoms with van der Waals surface area (Å²) in [6, 6.07) is 5.00. The van der Waals surface area contributed by atoms with Crippen molar-refractivity contribution in [1.82, 2.24) is 18.8 Å². The summed E-state index contributed by atoms with van der Waals surface area (Å²) in [5.41, 5.74) is 2.39. The summed E-state index contributed by atoms with van der Waals surface area (Å²) < 4.78 is 27.5. The molecule has 14 heteroatoms. The Hall–Kier alpha value is -4.38. The van der Waals surface area contributed by atoms with E-state index in [4.69, 9.17) is 0 Å². The summed E-state index contributed by atoms with van der Waals surface area (Å²) in [7, 11) is -1.13. The number of carbonyl (C=O) groups is 2. The van der Waals surface area contributed by atoms with Gasteiger partial charge in [0.05, 0.1) is 6.54 Å². The second kappa shape index (κ2) is 9.73. The SMILES string of the molecule is CNn1c(S(C)(=O)=O)nc2c1c(=O)n(C)c(=O)n2CC#Cc1cc(NC(=O)C2CC2)cc(NC(=O)C2CC2)c1. The number of anilines is 2. The zero-order valence-electron chi connectivity index (χ0n) is 21.6. The van der Waals surface area contributed by atoms with Crippen molar-refractivity contribution in [3.8, 4) is 11.8 Å². The first-order valence-corrected chi connectivity index (χ1v) is 14.2. The second-order valence-electron chi connectivity index (χ2n) is 9.76. The Morgan fingerprint density at radius 1 is 1.03 bits per heavy atom. The lowest BCUT2D eigenvalue weighted by atomic mass is 10.1. The Labute approximate surface area is 223 Å². The zero-order valence-corrected chi connectivity index (χ0v) is 22.4. The summed E-state index contributed by atoms with van der Waals surface area (Å²) >= 11 is 0. The van der Waals surface area contributed by atoms with Crippen molar-refractivity contribution in [2.75, 3.05) is 29.4 Å². The quantitative estimate of drug-likeness (QED) is 0.350. The molecule has 3 N–H and O–H groups in total. The van der Waals surface area contributed by atoms with Gasteiger partial charge >= 0.3 is 5.69 Å². The minimum atomic E-state index is -3.84. The summed E-state index contributed by atoms with van der Waals surface area (Å²) in [6.07, 6.45) is 4.30. The largest absolute Gasteiger partial charge is 0.333 e. The molecule has 0 saturated heterocycles. The van der Waals surface area contributed by atoms with Crippen LogP contribution in [0, 0.1) is 23.7 Å². The number of rotatable bonds is 7. The molecule has 2 aliphatic rings. The van der Waals surface area contributed by atoms with E-state index in [-0.39, 0.29) is 41.4 Å². The van der Waals surface area contributed by atoms with Gasteiger partial charge in [-0.3, -0.25) is 23.5 Å². The lowest BCUT2D eigenvalue weighted by Crippen LogP contribution is -2.39. The third-order valence-electron chi connectivity index (χ3n) is 6.50. The highest BCUT2D eigenvalue weighted by molar-refractivity contribution is 7.90. The van der Waals surface area contributed by atoms with Gasteiger partial charge in [-0.25, -0.2) is 17.9 Å². The monoisotopic (exact) mass is 553 g/mol. The van der Waals surface area contributed by atoms with E-state index in [2.05, 4.69) is 32.9 Å². The smallest absolute Gasteiger partial charge is 0.326 e. The van der Waals surface area contributed by atoms with Gasteiger partial charge in [-0.15, -0.1) is 0 Å². The van der Waals surface area contributed by atoms with E-state index in [0.717, 1.165) is 45.7 Å². The predicted octanol–water partition coefficient (Wildman–Crippen LogP) is 0.222. The molecule has 2 aromatic heterocycles. The van der Waals surface area contributed by atoms with Crippen LogP contribution in [0.1, 0.15) is 31.2 Å². The number of hydrogen-bond acceptors (Lipinski definition) is 8. The third kappa shape index (κ3) is 5.30. The van der Waals surface area contributed by atoms with Gasteiger partial charge in [-0.2, -0.15) is 4.98 Å². The van der Waals surface area contributed by atoms with Gasteiger partial charge in [-0.1, -0.05) is 11.8 Å². The highest BCUT2D eigenvalue weighted by Crippen LogP contribution is 2.32. The standard InChI is InChI=1S/C25H27N7O6S/c1-26-32-19-20(29-24(32)39(3,37)38)31(25(36)30(2)23(19)35)10-4-5-14-11-17(27-21(33)15-6-7-15)13-18(12-14)28-22(34)16-8-9-16/h11-13,15-16,26H,6-10H2,1-3H3,(H,27,33)(H,28,34). The van der Waals surface area contributed by atoms with Gasteiger partial charge in [0.2, 0.25) is 26.8 Å². The molecule has 0 unspecified atom stereocenters. The van der Waals surface area contributed by atoms with Gasteiger partial charge < -0.3 is 16.1 Å². The highest BCUT2D eigenvalue weighted by atomic mass is 32.2. The number of benzene rings is 1. The third-order valence-corrected chi connectivity index (χ3v) is 7.44. The molecule has 3 aromatic rings. The van der Waals surface area contributed by atoms with E-state index >= 15 is 0 Å². The molecule has 204 valence electrons. The molecule has 0 bridgehead atoms.